The maximum atomic E-state index is 13.0. The number of nitrogens with one attached hydrogen (secondary N) is 2. The van der Waals surface area contributed by atoms with Crippen LogP contribution in [0, 0.1) is 0 Å². The second-order valence-electron chi connectivity index (χ2n) is 8.55. The number of aryl methyl sites for hydroxylation is 1. The van der Waals surface area contributed by atoms with Crippen LogP contribution < -0.4 is 16.4 Å². The number of hydrogen-bond donors (Lipinski definition) is 2. The van der Waals surface area contributed by atoms with Crippen LogP contribution in [0.15, 0.2) is 52.1 Å². The minimum absolute atomic E-state index is 0.255. The molecule has 1 aliphatic rings. The van der Waals surface area contributed by atoms with E-state index in [1.54, 1.807) is 18.2 Å². The number of carbonyl (C=O) groups excluding carboxylic acids is 1. The van der Waals surface area contributed by atoms with E-state index in [1.807, 2.05) is 31.2 Å². The minimum atomic E-state index is -0.687. The number of rotatable bonds is 6. The topological polar surface area (TPSA) is 87.2 Å². The van der Waals surface area contributed by atoms with E-state index in [4.69, 9.17) is 0 Å². The van der Waals surface area contributed by atoms with Crippen LogP contribution >= 0.6 is 0 Å². The predicted molar refractivity (Wildman–Crippen MR) is 127 cm³/mol. The van der Waals surface area contributed by atoms with Crippen molar-refractivity contribution in [1.29, 1.82) is 0 Å². The summed E-state index contributed by atoms with van der Waals surface area (Å²) in [5.41, 5.74) is 2.07. The van der Waals surface area contributed by atoms with Crippen LogP contribution in [-0.4, -0.2) is 33.4 Å². The number of H-pyrrole nitrogens is 1. The molecule has 1 fully saturated rings. The van der Waals surface area contributed by atoms with Gasteiger partial charge in [0.15, 0.2) is 0 Å². The van der Waals surface area contributed by atoms with Crippen molar-refractivity contribution in [2.24, 2.45) is 0 Å². The molecule has 1 amide bonds. The van der Waals surface area contributed by atoms with E-state index >= 15 is 0 Å². The highest BCUT2D eigenvalue weighted by Crippen LogP contribution is 2.25. The molecule has 0 spiro atoms. The van der Waals surface area contributed by atoms with Crippen molar-refractivity contribution in [3.05, 3.63) is 74.3 Å². The van der Waals surface area contributed by atoms with Crippen LogP contribution in [-0.2, 0) is 13.1 Å². The summed E-state index contributed by atoms with van der Waals surface area (Å²) in [6.07, 6.45) is 6.33. The maximum absolute atomic E-state index is 13.0. The number of anilines is 1. The second kappa shape index (κ2) is 9.53. The van der Waals surface area contributed by atoms with Crippen molar-refractivity contribution < 1.29 is 4.79 Å². The molecule has 0 unspecified atom stereocenters. The number of para-hydroxylation sites is 1. The van der Waals surface area contributed by atoms with Gasteiger partial charge in [0.1, 0.15) is 0 Å². The van der Waals surface area contributed by atoms with Crippen LogP contribution in [0.5, 0.6) is 0 Å². The van der Waals surface area contributed by atoms with Gasteiger partial charge in [-0.3, -0.25) is 19.3 Å². The molecule has 0 radical (unpaired) electrons. The van der Waals surface area contributed by atoms with Gasteiger partial charge in [-0.25, -0.2) is 0 Å². The first kappa shape index (κ1) is 22.0. The molecule has 4 rings (SSSR count). The van der Waals surface area contributed by atoms with Crippen molar-refractivity contribution in [2.75, 3.05) is 12.4 Å². The Hall–Kier alpha value is -3.19. The number of carbonyl (C=O) groups is 1. The molecule has 0 aliphatic heterocycles. The Morgan fingerprint density at radius 2 is 1.88 bits per heavy atom. The van der Waals surface area contributed by atoms with E-state index in [0.717, 1.165) is 17.8 Å². The third-order valence-corrected chi connectivity index (χ3v) is 6.44. The van der Waals surface area contributed by atoms with Crippen molar-refractivity contribution in [3.8, 4) is 0 Å². The molecule has 32 heavy (non-hydrogen) atoms. The Balaban J connectivity index is 1.56. The molecule has 7 heteroatoms. The summed E-state index contributed by atoms with van der Waals surface area (Å²) >= 11 is 0. The molecule has 2 aromatic carbocycles. The lowest BCUT2D eigenvalue weighted by molar-refractivity contribution is 0.102. The lowest BCUT2D eigenvalue weighted by Crippen LogP contribution is -2.36. The average Bonchev–Trinajstić information content (AvgIpc) is 2.81. The Morgan fingerprint density at radius 3 is 2.62 bits per heavy atom. The first-order chi connectivity index (χ1) is 15.5. The number of aromatic amines is 1. The van der Waals surface area contributed by atoms with Crippen molar-refractivity contribution in [3.63, 3.8) is 0 Å². The fourth-order valence-electron chi connectivity index (χ4n) is 4.63. The lowest BCUT2D eigenvalue weighted by Gasteiger charge is -2.31. The van der Waals surface area contributed by atoms with Crippen LogP contribution in [0.3, 0.4) is 0 Å². The van der Waals surface area contributed by atoms with Gasteiger partial charge in [-0.1, -0.05) is 37.5 Å². The quantitative estimate of drug-likeness (QED) is 0.579. The molecule has 0 atom stereocenters. The second-order valence-corrected chi connectivity index (χ2v) is 8.55. The third-order valence-electron chi connectivity index (χ3n) is 6.44. The largest absolute Gasteiger partial charge is 0.322 e. The smallest absolute Gasteiger partial charge is 0.316 e. The standard InChI is InChI=1S/C25H30N4O3/c1-3-29-22-14-13-17(15-21(22)27-24(31)25(29)32)23(30)26-20-12-8-7-9-18(20)16-28(2)19-10-5-4-6-11-19/h7-9,12-15,19H,3-6,10-11,16H2,1-2H3,(H,26,30)(H,27,31). The first-order valence-electron chi connectivity index (χ1n) is 11.3. The lowest BCUT2D eigenvalue weighted by atomic mass is 9.94. The van der Waals surface area contributed by atoms with Gasteiger partial charge in [0.25, 0.3) is 5.91 Å². The molecule has 1 aliphatic carbocycles. The van der Waals surface area contributed by atoms with Gasteiger partial charge in [-0.15, -0.1) is 0 Å². The monoisotopic (exact) mass is 434 g/mol. The zero-order chi connectivity index (χ0) is 22.7. The summed E-state index contributed by atoms with van der Waals surface area (Å²) in [4.78, 5) is 42.0. The molecule has 1 heterocycles. The van der Waals surface area contributed by atoms with Crippen LogP contribution in [0.25, 0.3) is 11.0 Å². The van der Waals surface area contributed by atoms with E-state index in [1.165, 1.54) is 36.7 Å². The number of benzene rings is 2. The molecule has 168 valence electrons. The first-order valence-corrected chi connectivity index (χ1v) is 11.3. The Labute approximate surface area is 187 Å². The SMILES string of the molecule is CCn1c(=O)c(=O)[nH]c2cc(C(=O)Nc3ccccc3CN(C)C3CCCCC3)ccc21. The molecule has 3 aromatic rings. The molecule has 1 aromatic heterocycles. The highest BCUT2D eigenvalue weighted by molar-refractivity contribution is 6.06. The summed E-state index contributed by atoms with van der Waals surface area (Å²) in [5, 5.41) is 3.03. The predicted octanol–water partition coefficient (Wildman–Crippen LogP) is 3.73. The summed E-state index contributed by atoms with van der Waals surface area (Å²) in [6.45, 7) is 2.96. The Kier molecular flexibility index (Phi) is 6.55. The highest BCUT2D eigenvalue weighted by atomic mass is 16.2. The van der Waals surface area contributed by atoms with Crippen molar-refractivity contribution >= 4 is 22.6 Å². The molecular weight excluding hydrogens is 404 g/mol. The van der Waals surface area contributed by atoms with E-state index in [9.17, 15) is 14.4 Å². The summed E-state index contributed by atoms with van der Waals surface area (Å²) in [5.74, 6) is -0.255. The van der Waals surface area contributed by atoms with Crippen LogP contribution in [0.2, 0.25) is 0 Å². The Bertz CT molecular complexity index is 1240. The third kappa shape index (κ3) is 4.53. The van der Waals surface area contributed by atoms with Crippen molar-refractivity contribution in [1.82, 2.24) is 14.5 Å². The number of hydrogen-bond acceptors (Lipinski definition) is 4. The zero-order valence-corrected chi connectivity index (χ0v) is 18.7. The minimum Gasteiger partial charge on any atom is -0.322 e. The van der Waals surface area contributed by atoms with E-state index in [-0.39, 0.29) is 5.91 Å². The van der Waals surface area contributed by atoms with Gasteiger partial charge in [-0.2, -0.15) is 0 Å². The number of amides is 1. The molecule has 7 nitrogen and oxygen atoms in total. The van der Waals surface area contributed by atoms with Crippen LogP contribution in [0.1, 0.15) is 54.9 Å². The van der Waals surface area contributed by atoms with Crippen LogP contribution in [0.4, 0.5) is 5.69 Å². The zero-order valence-electron chi connectivity index (χ0n) is 18.7. The maximum Gasteiger partial charge on any atom is 0.316 e. The van der Waals surface area contributed by atoms with Gasteiger partial charge in [0, 0.05) is 30.4 Å². The highest BCUT2D eigenvalue weighted by Gasteiger charge is 2.19. The molecule has 0 bridgehead atoms. The van der Waals surface area contributed by atoms with Gasteiger partial charge >= 0.3 is 11.1 Å². The summed E-state index contributed by atoms with van der Waals surface area (Å²) in [6, 6.07) is 13.5. The normalized spacial score (nSPS) is 14.7. The van der Waals surface area contributed by atoms with Gasteiger partial charge in [-0.05, 0) is 56.6 Å². The van der Waals surface area contributed by atoms with Gasteiger partial charge < -0.3 is 14.9 Å². The Morgan fingerprint density at radius 1 is 1.12 bits per heavy atom. The van der Waals surface area contributed by atoms with Gasteiger partial charge in [0.05, 0.1) is 11.0 Å². The molecule has 2 N–H and O–H groups in total. The van der Waals surface area contributed by atoms with E-state index in [2.05, 4.69) is 22.2 Å². The number of aromatic nitrogens is 2. The number of fused-ring (bicyclic) bond motifs is 1. The van der Waals surface area contributed by atoms with Gasteiger partial charge in [0.2, 0.25) is 0 Å². The number of nitrogens with zero attached hydrogens (tertiary/aromatic N) is 2. The fourth-order valence-corrected chi connectivity index (χ4v) is 4.63. The fraction of sp³-hybridized carbons (Fsp3) is 0.400. The molecular formula is C25H30N4O3. The summed E-state index contributed by atoms with van der Waals surface area (Å²) < 4.78 is 1.41. The molecule has 0 saturated heterocycles. The molecule has 1 saturated carbocycles. The summed E-state index contributed by atoms with van der Waals surface area (Å²) in [7, 11) is 2.15. The van der Waals surface area contributed by atoms with E-state index in [0.29, 0.717) is 29.2 Å². The average molecular weight is 435 g/mol. The van der Waals surface area contributed by atoms with E-state index < -0.39 is 11.1 Å². The van der Waals surface area contributed by atoms with Crippen molar-refractivity contribution in [2.45, 2.75) is 58.2 Å².